The van der Waals surface area contributed by atoms with E-state index in [0.29, 0.717) is 5.56 Å². The topological polar surface area (TPSA) is 48.5 Å². The maximum absolute atomic E-state index is 12.5. The Morgan fingerprint density at radius 3 is 2.41 bits per heavy atom. The van der Waals surface area contributed by atoms with Crippen LogP contribution in [-0.4, -0.2) is 48.5 Å². The van der Waals surface area contributed by atoms with E-state index >= 15 is 0 Å². The largest absolute Gasteiger partial charge is 0.369 e. The molecule has 0 atom stereocenters. The van der Waals surface area contributed by atoms with E-state index in [-0.39, 0.29) is 5.91 Å². The summed E-state index contributed by atoms with van der Waals surface area (Å²) in [5.41, 5.74) is 3.91. The first-order chi connectivity index (χ1) is 14.3. The number of hydrogen-bond donors (Lipinski definition) is 1. The summed E-state index contributed by atoms with van der Waals surface area (Å²) >= 11 is 0. The van der Waals surface area contributed by atoms with E-state index in [1.54, 1.807) is 24.5 Å². The number of rotatable bonds is 6. The molecule has 1 N–H and O–H groups in total. The predicted molar refractivity (Wildman–Crippen MR) is 117 cm³/mol. The van der Waals surface area contributed by atoms with Gasteiger partial charge in [-0.3, -0.25) is 14.7 Å². The van der Waals surface area contributed by atoms with Gasteiger partial charge in [0.1, 0.15) is 0 Å². The number of pyridine rings is 1. The second kappa shape index (κ2) is 9.34. The van der Waals surface area contributed by atoms with Crippen molar-refractivity contribution in [1.29, 1.82) is 0 Å². The van der Waals surface area contributed by atoms with Crippen molar-refractivity contribution in [1.82, 2.24) is 9.88 Å². The summed E-state index contributed by atoms with van der Waals surface area (Å²) in [4.78, 5) is 21.4. The molecule has 29 heavy (non-hydrogen) atoms. The summed E-state index contributed by atoms with van der Waals surface area (Å²) in [5.74, 6) is -0.123. The molecule has 1 amide bonds. The molecule has 1 saturated heterocycles. The van der Waals surface area contributed by atoms with Gasteiger partial charge in [0.05, 0.1) is 5.56 Å². The highest BCUT2D eigenvalue weighted by molar-refractivity contribution is 6.04. The van der Waals surface area contributed by atoms with Gasteiger partial charge >= 0.3 is 0 Å². The van der Waals surface area contributed by atoms with E-state index in [9.17, 15) is 4.79 Å². The number of hydrogen-bond acceptors (Lipinski definition) is 4. The molecular weight excluding hydrogens is 360 g/mol. The van der Waals surface area contributed by atoms with E-state index in [1.165, 1.54) is 5.69 Å². The molecule has 0 spiro atoms. The van der Waals surface area contributed by atoms with Gasteiger partial charge in [0.2, 0.25) is 0 Å². The van der Waals surface area contributed by atoms with Crippen molar-refractivity contribution in [3.8, 4) is 0 Å². The third-order valence-corrected chi connectivity index (χ3v) is 5.38. The maximum Gasteiger partial charge on any atom is 0.257 e. The zero-order valence-corrected chi connectivity index (χ0v) is 16.5. The Morgan fingerprint density at radius 2 is 1.66 bits per heavy atom. The number of piperazine rings is 1. The van der Waals surface area contributed by atoms with Crippen LogP contribution in [0.1, 0.15) is 15.9 Å². The number of aromatic nitrogens is 1. The molecule has 0 unspecified atom stereocenters. The van der Waals surface area contributed by atoms with E-state index in [0.717, 1.165) is 50.4 Å². The highest BCUT2D eigenvalue weighted by Crippen LogP contribution is 2.19. The zero-order valence-electron chi connectivity index (χ0n) is 16.5. The van der Waals surface area contributed by atoms with Crippen LogP contribution >= 0.6 is 0 Å². The molecule has 2 aromatic carbocycles. The predicted octanol–water partition coefficient (Wildman–Crippen LogP) is 3.70. The number of nitrogens with zero attached hydrogens (tertiary/aromatic N) is 3. The van der Waals surface area contributed by atoms with Gasteiger partial charge in [-0.25, -0.2) is 0 Å². The Morgan fingerprint density at radius 1 is 0.897 bits per heavy atom. The van der Waals surface area contributed by atoms with Crippen LogP contribution in [0.3, 0.4) is 0 Å². The highest BCUT2D eigenvalue weighted by atomic mass is 16.1. The second-order valence-electron chi connectivity index (χ2n) is 7.27. The van der Waals surface area contributed by atoms with Crippen LogP contribution in [0.2, 0.25) is 0 Å². The van der Waals surface area contributed by atoms with Crippen molar-refractivity contribution in [2.24, 2.45) is 0 Å². The fraction of sp³-hybridized carbons (Fsp3) is 0.250. The van der Waals surface area contributed by atoms with Crippen LogP contribution in [0.5, 0.6) is 0 Å². The minimum Gasteiger partial charge on any atom is -0.369 e. The monoisotopic (exact) mass is 386 g/mol. The quantitative estimate of drug-likeness (QED) is 0.702. The van der Waals surface area contributed by atoms with Gasteiger partial charge < -0.3 is 10.2 Å². The summed E-state index contributed by atoms with van der Waals surface area (Å²) < 4.78 is 0. The fourth-order valence-electron chi connectivity index (χ4n) is 3.70. The van der Waals surface area contributed by atoms with Crippen molar-refractivity contribution < 1.29 is 4.79 Å². The van der Waals surface area contributed by atoms with Crippen molar-refractivity contribution in [3.05, 3.63) is 90.3 Å². The molecular formula is C24H26N4O. The van der Waals surface area contributed by atoms with Crippen LogP contribution in [-0.2, 0) is 6.42 Å². The van der Waals surface area contributed by atoms with Crippen LogP contribution in [0.15, 0.2) is 79.1 Å². The first-order valence-electron chi connectivity index (χ1n) is 10.1. The van der Waals surface area contributed by atoms with E-state index in [2.05, 4.69) is 56.5 Å². The smallest absolute Gasteiger partial charge is 0.257 e. The average molecular weight is 386 g/mol. The Balaban J connectivity index is 1.32. The SMILES string of the molecule is O=C(Nc1ccccc1CCN1CCN(c2ccccc2)CC1)c1cccnc1. The lowest BCUT2D eigenvalue weighted by molar-refractivity contribution is 0.102. The van der Waals surface area contributed by atoms with Crippen LogP contribution < -0.4 is 10.2 Å². The van der Waals surface area contributed by atoms with Gasteiger partial charge in [-0.15, -0.1) is 0 Å². The lowest BCUT2D eigenvalue weighted by atomic mass is 10.1. The molecule has 0 bridgehead atoms. The van der Waals surface area contributed by atoms with Crippen molar-refractivity contribution in [2.75, 3.05) is 42.9 Å². The zero-order chi connectivity index (χ0) is 19.9. The molecule has 0 saturated carbocycles. The summed E-state index contributed by atoms with van der Waals surface area (Å²) in [6.45, 7) is 5.19. The minimum atomic E-state index is -0.123. The number of benzene rings is 2. The first-order valence-corrected chi connectivity index (χ1v) is 10.1. The van der Waals surface area contributed by atoms with Crippen LogP contribution in [0.25, 0.3) is 0 Å². The molecule has 1 aliphatic heterocycles. The number of amides is 1. The summed E-state index contributed by atoms with van der Waals surface area (Å²) in [6.07, 6.45) is 4.17. The number of carbonyl (C=O) groups excluding carboxylic acids is 1. The van der Waals surface area contributed by atoms with Gasteiger partial charge in [0.25, 0.3) is 5.91 Å². The minimum absolute atomic E-state index is 0.123. The molecule has 4 rings (SSSR count). The average Bonchev–Trinajstić information content (AvgIpc) is 2.80. The van der Waals surface area contributed by atoms with Gasteiger partial charge in [-0.05, 0) is 42.3 Å². The van der Waals surface area contributed by atoms with Crippen LogP contribution in [0.4, 0.5) is 11.4 Å². The van der Waals surface area contributed by atoms with Crippen molar-refractivity contribution in [3.63, 3.8) is 0 Å². The molecule has 0 aliphatic carbocycles. The Labute approximate surface area is 172 Å². The van der Waals surface area contributed by atoms with Gasteiger partial charge in [0.15, 0.2) is 0 Å². The Kier molecular flexibility index (Phi) is 6.17. The molecule has 1 fully saturated rings. The molecule has 5 nitrogen and oxygen atoms in total. The van der Waals surface area contributed by atoms with Crippen LogP contribution in [0, 0.1) is 0 Å². The standard InChI is InChI=1S/C24H26N4O/c29-24(21-8-6-13-25-19-21)26-23-11-5-4-7-20(23)12-14-27-15-17-28(18-16-27)22-9-2-1-3-10-22/h1-11,13,19H,12,14-18H2,(H,26,29). The molecule has 0 radical (unpaired) electrons. The summed E-state index contributed by atoms with van der Waals surface area (Å²) in [7, 11) is 0. The number of para-hydroxylation sites is 2. The lowest BCUT2D eigenvalue weighted by Gasteiger charge is -2.36. The van der Waals surface area contributed by atoms with Crippen molar-refractivity contribution >= 4 is 17.3 Å². The molecule has 3 aromatic rings. The number of nitrogens with one attached hydrogen (secondary N) is 1. The van der Waals surface area contributed by atoms with Gasteiger partial charge in [-0.2, -0.15) is 0 Å². The fourth-order valence-corrected chi connectivity index (χ4v) is 3.70. The number of anilines is 2. The van der Waals surface area contributed by atoms with Gasteiger partial charge in [0, 0.05) is 56.5 Å². The normalized spacial score (nSPS) is 14.6. The van der Waals surface area contributed by atoms with E-state index in [4.69, 9.17) is 0 Å². The number of carbonyl (C=O) groups is 1. The van der Waals surface area contributed by atoms with E-state index < -0.39 is 0 Å². The third kappa shape index (κ3) is 5.00. The molecule has 1 aromatic heterocycles. The molecule has 1 aliphatic rings. The lowest BCUT2D eigenvalue weighted by Crippen LogP contribution is -2.47. The molecule has 2 heterocycles. The highest BCUT2D eigenvalue weighted by Gasteiger charge is 2.17. The second-order valence-corrected chi connectivity index (χ2v) is 7.27. The Hall–Kier alpha value is -3.18. The van der Waals surface area contributed by atoms with Gasteiger partial charge in [-0.1, -0.05) is 36.4 Å². The van der Waals surface area contributed by atoms with Crippen molar-refractivity contribution in [2.45, 2.75) is 6.42 Å². The molecule has 148 valence electrons. The summed E-state index contributed by atoms with van der Waals surface area (Å²) in [5, 5.41) is 3.04. The Bertz CT molecular complexity index is 922. The first kappa shape index (κ1) is 19.2. The molecule has 5 heteroatoms. The summed E-state index contributed by atoms with van der Waals surface area (Å²) in [6, 6.07) is 22.2. The maximum atomic E-state index is 12.5. The third-order valence-electron chi connectivity index (χ3n) is 5.38. The van der Waals surface area contributed by atoms with E-state index in [1.807, 2.05) is 18.2 Å².